The van der Waals surface area contributed by atoms with Crippen LogP contribution in [0.5, 0.6) is 0 Å². The zero-order valence-corrected chi connectivity index (χ0v) is 13.4. The maximum absolute atomic E-state index is 12.3. The van der Waals surface area contributed by atoms with Crippen LogP contribution in [0.15, 0.2) is 18.2 Å². The first-order valence-corrected chi connectivity index (χ1v) is 7.33. The molecule has 0 fully saturated rings. The fraction of sp³-hybridized carbons (Fsp3) is 0.412. The highest BCUT2D eigenvalue weighted by Crippen LogP contribution is 2.16. The number of hydrogen-bond donors (Lipinski definition) is 1. The summed E-state index contributed by atoms with van der Waals surface area (Å²) in [5.41, 5.74) is 6.40. The average Bonchev–Trinajstić information content (AvgIpc) is 2.72. The third-order valence-corrected chi connectivity index (χ3v) is 3.84. The van der Waals surface area contributed by atoms with Gasteiger partial charge < -0.3 is 5.32 Å². The number of aryl methyl sites for hydroxylation is 3. The summed E-state index contributed by atoms with van der Waals surface area (Å²) in [6.07, 6.45) is 0.898. The van der Waals surface area contributed by atoms with Crippen LogP contribution in [0.1, 0.15) is 39.8 Å². The monoisotopic (exact) mass is 285 g/mol. The molecule has 1 N–H and O–H groups in total. The molecule has 2 aromatic rings. The van der Waals surface area contributed by atoms with E-state index in [4.69, 9.17) is 0 Å². The molecule has 4 nitrogen and oxygen atoms in total. The second-order valence-electron chi connectivity index (χ2n) is 5.48. The van der Waals surface area contributed by atoms with E-state index in [9.17, 15) is 4.79 Å². The fourth-order valence-corrected chi connectivity index (χ4v) is 2.69. The van der Waals surface area contributed by atoms with Crippen molar-refractivity contribution >= 4 is 11.6 Å². The Morgan fingerprint density at radius 1 is 1.24 bits per heavy atom. The van der Waals surface area contributed by atoms with Gasteiger partial charge >= 0.3 is 0 Å². The number of hydrogen-bond acceptors (Lipinski definition) is 3. The lowest BCUT2D eigenvalue weighted by Gasteiger charge is -2.10. The Kier molecular flexibility index (Phi) is 4.46. The molecule has 0 aliphatic carbocycles. The van der Waals surface area contributed by atoms with E-state index in [1.165, 1.54) is 10.2 Å². The molecule has 1 heterocycles. The third-order valence-electron chi connectivity index (χ3n) is 3.84. The summed E-state index contributed by atoms with van der Waals surface area (Å²) in [4.78, 5) is 12.3. The largest absolute Gasteiger partial charge is 0.376 e. The van der Waals surface area contributed by atoms with Gasteiger partial charge in [-0.3, -0.25) is 4.79 Å². The first-order valence-electron chi connectivity index (χ1n) is 7.33. The highest BCUT2D eigenvalue weighted by Gasteiger charge is 2.15. The summed E-state index contributed by atoms with van der Waals surface area (Å²) in [5.74, 6) is -0.0322. The summed E-state index contributed by atoms with van der Waals surface area (Å²) in [5, 5.41) is 7.56. The van der Waals surface area contributed by atoms with Crippen LogP contribution in [0.4, 0.5) is 5.69 Å². The highest BCUT2D eigenvalue weighted by molar-refractivity contribution is 5.83. The number of rotatable bonds is 4. The van der Waals surface area contributed by atoms with Crippen molar-refractivity contribution in [3.8, 4) is 0 Å². The molecule has 0 amide bonds. The molecule has 21 heavy (non-hydrogen) atoms. The van der Waals surface area contributed by atoms with Crippen molar-refractivity contribution in [2.24, 2.45) is 0 Å². The topological polar surface area (TPSA) is 46.9 Å². The number of carbonyl (C=O) groups excluding carboxylic acids is 1. The van der Waals surface area contributed by atoms with E-state index in [0.29, 0.717) is 0 Å². The fourth-order valence-electron chi connectivity index (χ4n) is 2.69. The van der Waals surface area contributed by atoms with Gasteiger partial charge in [-0.1, -0.05) is 24.6 Å². The quantitative estimate of drug-likeness (QED) is 0.936. The molecule has 0 unspecified atom stereocenters. The molecule has 0 radical (unpaired) electrons. The predicted octanol–water partition coefficient (Wildman–Crippen LogP) is 3.43. The van der Waals surface area contributed by atoms with E-state index in [2.05, 4.69) is 30.3 Å². The van der Waals surface area contributed by atoms with E-state index in [1.54, 1.807) is 0 Å². The Bertz CT molecular complexity index is 671. The van der Waals surface area contributed by atoms with Crippen LogP contribution < -0.4 is 5.32 Å². The second-order valence-corrected chi connectivity index (χ2v) is 5.48. The molecular formula is C17H23N3O. The Labute approximate surface area is 126 Å². The molecule has 4 heteroatoms. The summed E-state index contributed by atoms with van der Waals surface area (Å²) in [6.45, 7) is 10.3. The molecule has 112 valence electrons. The lowest BCUT2D eigenvalue weighted by molar-refractivity contribution is 0.0910. The Balaban J connectivity index is 2.12. The van der Waals surface area contributed by atoms with Gasteiger partial charge in [0.1, 0.15) is 0 Å². The van der Waals surface area contributed by atoms with Gasteiger partial charge in [-0.25, -0.2) is 4.68 Å². The Morgan fingerprint density at radius 3 is 2.52 bits per heavy atom. The number of anilines is 1. The highest BCUT2D eigenvalue weighted by atomic mass is 16.2. The summed E-state index contributed by atoms with van der Waals surface area (Å²) < 4.78 is 1.52. The zero-order chi connectivity index (χ0) is 15.6. The van der Waals surface area contributed by atoms with E-state index in [1.807, 2.05) is 32.9 Å². The van der Waals surface area contributed by atoms with Gasteiger partial charge in [0.15, 0.2) is 0 Å². The average molecular weight is 285 g/mol. The molecule has 0 spiro atoms. The molecule has 0 aliphatic rings. The molecular weight excluding hydrogens is 262 g/mol. The minimum Gasteiger partial charge on any atom is -0.376 e. The minimum atomic E-state index is -0.0322. The molecule has 1 aromatic carbocycles. The van der Waals surface area contributed by atoms with Crippen molar-refractivity contribution in [1.82, 2.24) is 9.78 Å². The van der Waals surface area contributed by atoms with Crippen LogP contribution in [0, 0.1) is 27.7 Å². The predicted molar refractivity (Wildman–Crippen MR) is 86.1 cm³/mol. The van der Waals surface area contributed by atoms with Crippen LogP contribution >= 0.6 is 0 Å². The first kappa shape index (κ1) is 15.3. The Morgan fingerprint density at radius 2 is 1.95 bits per heavy atom. The minimum absolute atomic E-state index is 0.0322. The van der Waals surface area contributed by atoms with Crippen molar-refractivity contribution < 1.29 is 4.79 Å². The van der Waals surface area contributed by atoms with E-state index in [0.717, 1.165) is 34.6 Å². The first-order chi connectivity index (χ1) is 9.93. The second kappa shape index (κ2) is 6.12. The molecule has 0 bridgehead atoms. The molecule has 0 aliphatic heterocycles. The summed E-state index contributed by atoms with van der Waals surface area (Å²) in [6, 6.07) is 6.15. The SMILES string of the molecule is CCc1c(C)nn(C(=O)CNc2ccc(C)cc2C)c1C. The van der Waals surface area contributed by atoms with Crippen molar-refractivity contribution in [1.29, 1.82) is 0 Å². The van der Waals surface area contributed by atoms with Crippen molar-refractivity contribution in [2.75, 3.05) is 11.9 Å². The van der Waals surface area contributed by atoms with Gasteiger partial charge in [-0.15, -0.1) is 0 Å². The van der Waals surface area contributed by atoms with Gasteiger partial charge in [-0.05, 0) is 51.3 Å². The standard InChI is InChI=1S/C17H23N3O/c1-6-15-13(4)19-20(14(15)5)17(21)10-18-16-8-7-11(2)9-12(16)3/h7-9,18H,6,10H2,1-5H3. The van der Waals surface area contributed by atoms with Crippen molar-refractivity contribution in [2.45, 2.75) is 41.0 Å². The van der Waals surface area contributed by atoms with Crippen LogP contribution in [-0.2, 0) is 6.42 Å². The number of carbonyl (C=O) groups is 1. The van der Waals surface area contributed by atoms with Crippen LogP contribution in [0.3, 0.4) is 0 Å². The lowest BCUT2D eigenvalue weighted by Crippen LogP contribution is -2.23. The van der Waals surface area contributed by atoms with Gasteiger partial charge in [0.25, 0.3) is 5.91 Å². The van der Waals surface area contributed by atoms with Crippen molar-refractivity contribution in [3.63, 3.8) is 0 Å². The van der Waals surface area contributed by atoms with E-state index >= 15 is 0 Å². The lowest BCUT2D eigenvalue weighted by atomic mass is 10.1. The van der Waals surface area contributed by atoms with E-state index in [-0.39, 0.29) is 12.5 Å². The number of benzene rings is 1. The maximum atomic E-state index is 12.3. The molecule has 1 aromatic heterocycles. The Hall–Kier alpha value is -2.10. The molecule has 2 rings (SSSR count). The smallest absolute Gasteiger partial charge is 0.266 e. The zero-order valence-electron chi connectivity index (χ0n) is 13.4. The number of aromatic nitrogens is 2. The van der Waals surface area contributed by atoms with Crippen LogP contribution in [-0.4, -0.2) is 22.2 Å². The van der Waals surface area contributed by atoms with Crippen molar-refractivity contribution in [3.05, 3.63) is 46.3 Å². The van der Waals surface area contributed by atoms with Crippen LogP contribution in [0.25, 0.3) is 0 Å². The number of nitrogens with one attached hydrogen (secondary N) is 1. The number of nitrogens with zero attached hydrogens (tertiary/aromatic N) is 2. The van der Waals surface area contributed by atoms with Gasteiger partial charge in [-0.2, -0.15) is 5.10 Å². The molecule has 0 saturated heterocycles. The van der Waals surface area contributed by atoms with Gasteiger partial charge in [0, 0.05) is 11.4 Å². The summed E-state index contributed by atoms with van der Waals surface area (Å²) in [7, 11) is 0. The van der Waals surface area contributed by atoms with Crippen LogP contribution in [0.2, 0.25) is 0 Å². The maximum Gasteiger partial charge on any atom is 0.266 e. The van der Waals surface area contributed by atoms with E-state index < -0.39 is 0 Å². The van der Waals surface area contributed by atoms with Gasteiger partial charge in [0.05, 0.1) is 12.2 Å². The molecule has 0 saturated carbocycles. The third kappa shape index (κ3) is 3.15. The normalized spacial score (nSPS) is 10.7. The molecule has 0 atom stereocenters. The summed E-state index contributed by atoms with van der Waals surface area (Å²) >= 11 is 0. The van der Waals surface area contributed by atoms with Gasteiger partial charge in [0.2, 0.25) is 0 Å².